The van der Waals surface area contributed by atoms with Crippen LogP contribution in [0.3, 0.4) is 0 Å². The van der Waals surface area contributed by atoms with Crippen LogP contribution in [0.5, 0.6) is 0 Å². The highest BCUT2D eigenvalue weighted by molar-refractivity contribution is 7.69. The molecule has 0 fully saturated rings. The van der Waals surface area contributed by atoms with E-state index in [0.717, 1.165) is 10.4 Å². The van der Waals surface area contributed by atoms with Crippen LogP contribution in [-0.4, -0.2) is 0 Å². The second-order valence-electron chi connectivity index (χ2n) is 3.01. The molecule has 1 heterocycles. The molecule has 0 N–H and O–H groups in total. The van der Waals surface area contributed by atoms with Crippen LogP contribution in [0.2, 0.25) is 9.36 Å². The van der Waals surface area contributed by atoms with Crippen LogP contribution in [0.4, 0.5) is 5.69 Å². The minimum absolute atomic E-state index is 0.548. The largest absolute Gasteiger partial charge is 0.236 e. The Labute approximate surface area is 105 Å². The molecule has 0 radical (unpaired) electrons. The molecule has 0 atom stereocenters. The van der Waals surface area contributed by atoms with Gasteiger partial charge in [0.1, 0.15) is 14.0 Å². The third-order valence-corrected chi connectivity index (χ3v) is 5.31. The van der Waals surface area contributed by atoms with Crippen molar-refractivity contribution in [3.8, 4) is 0 Å². The van der Waals surface area contributed by atoms with Crippen molar-refractivity contribution in [3.63, 3.8) is 0 Å². The molecule has 0 bridgehead atoms. The van der Waals surface area contributed by atoms with Crippen LogP contribution in [0.25, 0.3) is 0 Å². The van der Waals surface area contributed by atoms with Crippen molar-refractivity contribution < 1.29 is 0 Å². The van der Waals surface area contributed by atoms with Gasteiger partial charge in [-0.15, -0.1) is 0 Å². The van der Waals surface area contributed by atoms with Crippen LogP contribution in [0, 0.1) is 6.92 Å². The molecule has 0 spiro atoms. The monoisotopic (exact) mass is 275 g/mol. The summed E-state index contributed by atoms with van der Waals surface area (Å²) >= 11 is 11.8. The van der Waals surface area contributed by atoms with Gasteiger partial charge in [0.05, 0.1) is 5.69 Å². The summed E-state index contributed by atoms with van der Waals surface area (Å²) in [6.07, 6.45) is 0. The summed E-state index contributed by atoms with van der Waals surface area (Å²) in [4.78, 5) is 4.42. The van der Waals surface area contributed by atoms with E-state index in [1.807, 2.05) is 31.2 Å². The number of halogens is 2. The summed E-state index contributed by atoms with van der Waals surface area (Å²) < 4.78 is 1.38. The molecular weight excluding hydrogens is 269 g/mol. The fourth-order valence-electron chi connectivity index (χ4n) is 1.04. The number of hydrogen-bond donors (Lipinski definition) is 0. The van der Waals surface area contributed by atoms with Crippen LogP contribution in [-0.2, 0) is 0 Å². The van der Waals surface area contributed by atoms with E-state index in [9.17, 15) is 0 Å². The molecule has 2 aromatic rings. The van der Waals surface area contributed by atoms with E-state index in [4.69, 9.17) is 23.2 Å². The molecule has 0 unspecified atom stereocenters. The van der Waals surface area contributed by atoms with E-state index in [-0.39, 0.29) is 0 Å². The van der Waals surface area contributed by atoms with Gasteiger partial charge in [-0.3, -0.25) is 0 Å². The van der Waals surface area contributed by atoms with Gasteiger partial charge in [0, 0.05) is 0 Å². The Kier molecular flexibility index (Phi) is 3.46. The van der Waals surface area contributed by atoms with E-state index in [1.165, 1.54) is 26.2 Å². The fourth-order valence-corrected chi connectivity index (χ4v) is 3.79. The topological polar surface area (TPSA) is 12.4 Å². The highest BCUT2D eigenvalue weighted by atomic mass is 35.5. The van der Waals surface area contributed by atoms with Gasteiger partial charge in [0.15, 0.2) is 0 Å². The molecule has 0 saturated heterocycles. The standard InChI is InChI=1S/C10H7Cl2NS2/c1-6-2-4-7(5-3-6)13-10-8(11)9(12)14-15-10/h2-5H,1H3. The Bertz CT molecular complexity index is 525. The lowest BCUT2D eigenvalue weighted by atomic mass is 10.2. The predicted octanol–water partition coefficient (Wildman–Crippen LogP) is 4.66. The smallest absolute Gasteiger partial charge is 0.147 e. The van der Waals surface area contributed by atoms with Crippen molar-refractivity contribution in [2.24, 2.45) is 4.99 Å². The van der Waals surface area contributed by atoms with Crippen LogP contribution in [0.15, 0.2) is 29.3 Å². The second-order valence-corrected chi connectivity index (χ2v) is 6.12. The lowest BCUT2D eigenvalue weighted by Gasteiger charge is -1.93. The van der Waals surface area contributed by atoms with E-state index in [2.05, 4.69) is 4.99 Å². The number of nitrogens with zero attached hydrogens (tertiary/aromatic N) is 1. The van der Waals surface area contributed by atoms with Gasteiger partial charge >= 0.3 is 0 Å². The molecule has 0 aliphatic heterocycles. The third kappa shape index (κ3) is 2.61. The number of benzene rings is 1. The summed E-state index contributed by atoms with van der Waals surface area (Å²) in [6.45, 7) is 2.04. The number of hydrogen-bond acceptors (Lipinski definition) is 3. The first-order valence-corrected chi connectivity index (χ1v) is 7.13. The predicted molar refractivity (Wildman–Crippen MR) is 68.6 cm³/mol. The Morgan fingerprint density at radius 1 is 1.07 bits per heavy atom. The lowest BCUT2D eigenvalue weighted by Crippen LogP contribution is -1.91. The van der Waals surface area contributed by atoms with Gasteiger partial charge in [-0.25, -0.2) is 4.99 Å². The van der Waals surface area contributed by atoms with Crippen molar-refractivity contribution >= 4 is 49.6 Å². The fraction of sp³-hybridized carbons (Fsp3) is 0.100. The summed E-state index contributed by atoms with van der Waals surface area (Å²) in [5.41, 5.74) is 2.11. The van der Waals surface area contributed by atoms with Crippen molar-refractivity contribution in [2.75, 3.05) is 0 Å². The minimum Gasteiger partial charge on any atom is -0.236 e. The zero-order chi connectivity index (χ0) is 10.8. The second kappa shape index (κ2) is 4.66. The first-order chi connectivity index (χ1) is 7.16. The van der Waals surface area contributed by atoms with Crippen LogP contribution in [0.1, 0.15) is 5.56 Å². The Morgan fingerprint density at radius 2 is 1.73 bits per heavy atom. The molecule has 1 aromatic heterocycles. The molecule has 78 valence electrons. The summed E-state index contributed by atoms with van der Waals surface area (Å²) in [7, 11) is 2.92. The Balaban J connectivity index is 2.46. The average Bonchev–Trinajstić information content (AvgIpc) is 2.53. The van der Waals surface area contributed by atoms with Gasteiger partial charge in [-0.2, -0.15) is 0 Å². The molecule has 1 aromatic carbocycles. The van der Waals surface area contributed by atoms with Crippen LogP contribution >= 0.6 is 43.9 Å². The highest BCUT2D eigenvalue weighted by Crippen LogP contribution is 2.27. The van der Waals surface area contributed by atoms with E-state index >= 15 is 0 Å². The van der Waals surface area contributed by atoms with Gasteiger partial charge in [0.2, 0.25) is 0 Å². The maximum Gasteiger partial charge on any atom is 0.147 e. The van der Waals surface area contributed by atoms with E-state index < -0.39 is 0 Å². The molecule has 0 aliphatic carbocycles. The molecule has 0 aliphatic rings. The number of aryl methyl sites for hydroxylation is 1. The molecular formula is C10H7Cl2NS2. The summed E-state index contributed by atoms with van der Waals surface area (Å²) in [5.74, 6) is 0. The zero-order valence-electron chi connectivity index (χ0n) is 7.83. The lowest BCUT2D eigenvalue weighted by molar-refractivity contribution is 1.38. The van der Waals surface area contributed by atoms with E-state index in [1.54, 1.807) is 0 Å². The van der Waals surface area contributed by atoms with Gasteiger partial charge in [-0.1, -0.05) is 61.6 Å². The average molecular weight is 276 g/mol. The molecule has 1 nitrogen and oxygen atoms in total. The highest BCUT2D eigenvalue weighted by Gasteiger charge is 2.03. The van der Waals surface area contributed by atoms with Crippen molar-refractivity contribution in [2.45, 2.75) is 6.92 Å². The molecule has 15 heavy (non-hydrogen) atoms. The maximum atomic E-state index is 5.99. The minimum atomic E-state index is 0.548. The third-order valence-electron chi connectivity index (χ3n) is 1.82. The SMILES string of the molecule is Cc1ccc(N=c2ssc(Cl)c2Cl)cc1. The van der Waals surface area contributed by atoms with Crippen LogP contribution < -0.4 is 4.67 Å². The zero-order valence-corrected chi connectivity index (χ0v) is 11.0. The molecule has 5 heteroatoms. The summed E-state index contributed by atoms with van der Waals surface area (Å²) in [6, 6.07) is 7.96. The van der Waals surface area contributed by atoms with Crippen molar-refractivity contribution in [1.29, 1.82) is 0 Å². The van der Waals surface area contributed by atoms with E-state index in [0.29, 0.717) is 9.36 Å². The van der Waals surface area contributed by atoms with Crippen molar-refractivity contribution in [1.82, 2.24) is 0 Å². The van der Waals surface area contributed by atoms with Gasteiger partial charge < -0.3 is 0 Å². The Morgan fingerprint density at radius 3 is 2.27 bits per heavy atom. The summed E-state index contributed by atoms with van der Waals surface area (Å²) in [5, 5.41) is 0.548. The normalized spacial score (nSPS) is 12.1. The molecule has 0 amide bonds. The molecule has 2 rings (SSSR count). The number of rotatable bonds is 1. The van der Waals surface area contributed by atoms with Gasteiger partial charge in [-0.05, 0) is 19.1 Å². The van der Waals surface area contributed by atoms with Crippen molar-refractivity contribution in [3.05, 3.63) is 43.9 Å². The quantitative estimate of drug-likeness (QED) is 0.672. The maximum absolute atomic E-state index is 5.99. The first kappa shape index (κ1) is 11.1. The molecule has 0 saturated carbocycles. The van der Waals surface area contributed by atoms with Gasteiger partial charge in [0.25, 0.3) is 0 Å². The first-order valence-electron chi connectivity index (χ1n) is 4.22. The Hall–Kier alpha value is -0.350.